The quantitative estimate of drug-likeness (QED) is 0.411. The second-order valence-electron chi connectivity index (χ2n) is 4.43. The number of ketones is 1. The number of hydrogen-bond acceptors (Lipinski definition) is 4. The van der Waals surface area contributed by atoms with Gasteiger partial charge in [0, 0.05) is 12.0 Å². The third-order valence-electron chi connectivity index (χ3n) is 2.45. The molecule has 0 saturated heterocycles. The van der Waals surface area contributed by atoms with E-state index in [4.69, 9.17) is 9.47 Å². The van der Waals surface area contributed by atoms with Crippen LogP contribution < -0.4 is 0 Å². The number of rotatable bonds is 8. The average molecular weight is 264 g/mol. The van der Waals surface area contributed by atoms with Crippen LogP contribution in [-0.4, -0.2) is 31.1 Å². The highest BCUT2D eigenvalue weighted by Gasteiger charge is 2.09. The Morgan fingerprint density at radius 1 is 1.05 bits per heavy atom. The first-order chi connectivity index (χ1) is 9.09. The molecule has 4 heteroatoms. The van der Waals surface area contributed by atoms with Crippen molar-refractivity contribution in [3.8, 4) is 0 Å². The molecule has 1 aromatic carbocycles. The second kappa shape index (κ2) is 8.43. The molecule has 19 heavy (non-hydrogen) atoms. The van der Waals surface area contributed by atoms with Crippen molar-refractivity contribution in [2.24, 2.45) is 0 Å². The molecule has 0 bridgehead atoms. The van der Waals surface area contributed by atoms with E-state index in [1.807, 2.05) is 19.9 Å². The molecule has 0 heterocycles. The number of hydrogen-bond donors (Lipinski definition) is 0. The number of carbonyl (C=O) groups is 2. The van der Waals surface area contributed by atoms with Crippen LogP contribution in [0.15, 0.2) is 30.3 Å². The standard InChI is InChI=1S/C15H20O4/c1-12(2)18-10-11-19-15(17)9-8-14(16)13-6-4-3-5-7-13/h3-7,12H,8-11H2,1-2H3. The highest BCUT2D eigenvalue weighted by Crippen LogP contribution is 2.05. The molecule has 0 saturated carbocycles. The van der Waals surface area contributed by atoms with Gasteiger partial charge in [0.2, 0.25) is 0 Å². The molecule has 0 aliphatic heterocycles. The van der Waals surface area contributed by atoms with E-state index in [0.29, 0.717) is 12.2 Å². The van der Waals surface area contributed by atoms with E-state index in [2.05, 4.69) is 0 Å². The lowest BCUT2D eigenvalue weighted by Crippen LogP contribution is -2.14. The molecule has 0 atom stereocenters. The lowest BCUT2D eigenvalue weighted by Gasteiger charge is -2.08. The van der Waals surface area contributed by atoms with Gasteiger partial charge in [-0.25, -0.2) is 0 Å². The van der Waals surface area contributed by atoms with E-state index >= 15 is 0 Å². The first kappa shape index (κ1) is 15.4. The lowest BCUT2D eigenvalue weighted by atomic mass is 10.1. The summed E-state index contributed by atoms with van der Waals surface area (Å²) < 4.78 is 10.2. The topological polar surface area (TPSA) is 52.6 Å². The zero-order chi connectivity index (χ0) is 14.1. The molecule has 0 radical (unpaired) electrons. The van der Waals surface area contributed by atoms with Crippen molar-refractivity contribution in [3.63, 3.8) is 0 Å². The first-order valence-corrected chi connectivity index (χ1v) is 6.45. The van der Waals surface area contributed by atoms with Crippen LogP contribution in [-0.2, 0) is 14.3 Å². The SMILES string of the molecule is CC(C)OCCOC(=O)CCC(=O)c1ccccc1. The van der Waals surface area contributed by atoms with E-state index in [1.165, 1.54) is 0 Å². The summed E-state index contributed by atoms with van der Waals surface area (Å²) in [6.07, 6.45) is 0.405. The Labute approximate surface area is 113 Å². The van der Waals surface area contributed by atoms with E-state index in [-0.39, 0.29) is 37.3 Å². The minimum Gasteiger partial charge on any atom is -0.463 e. The van der Waals surface area contributed by atoms with Crippen molar-refractivity contribution in [2.75, 3.05) is 13.2 Å². The normalized spacial score (nSPS) is 10.5. The maximum atomic E-state index is 11.7. The lowest BCUT2D eigenvalue weighted by molar-refractivity contribution is -0.145. The Bertz CT molecular complexity index is 398. The van der Waals surface area contributed by atoms with Gasteiger partial charge in [-0.1, -0.05) is 30.3 Å². The van der Waals surface area contributed by atoms with E-state index < -0.39 is 0 Å². The Kier molecular flexibility index (Phi) is 6.82. The Balaban J connectivity index is 2.18. The van der Waals surface area contributed by atoms with Crippen molar-refractivity contribution >= 4 is 11.8 Å². The largest absolute Gasteiger partial charge is 0.463 e. The first-order valence-electron chi connectivity index (χ1n) is 6.45. The van der Waals surface area contributed by atoms with E-state index in [0.717, 1.165) is 0 Å². The van der Waals surface area contributed by atoms with Gasteiger partial charge in [0.05, 0.1) is 19.1 Å². The summed E-state index contributed by atoms with van der Waals surface area (Å²) in [6, 6.07) is 8.93. The van der Waals surface area contributed by atoms with E-state index in [1.54, 1.807) is 24.3 Å². The van der Waals surface area contributed by atoms with Gasteiger partial charge in [-0.15, -0.1) is 0 Å². The molecule has 0 N–H and O–H groups in total. The molecular weight excluding hydrogens is 244 g/mol. The fraction of sp³-hybridized carbons (Fsp3) is 0.467. The van der Waals surface area contributed by atoms with Crippen LogP contribution in [0.3, 0.4) is 0 Å². The van der Waals surface area contributed by atoms with Crippen LogP contribution in [0.4, 0.5) is 0 Å². The molecular formula is C15H20O4. The molecule has 1 aromatic rings. The monoisotopic (exact) mass is 264 g/mol. The molecule has 0 aromatic heterocycles. The summed E-state index contributed by atoms with van der Waals surface area (Å²) in [6.45, 7) is 4.45. The molecule has 0 aliphatic rings. The number of ether oxygens (including phenoxy) is 2. The number of esters is 1. The van der Waals surface area contributed by atoms with Crippen LogP contribution >= 0.6 is 0 Å². The fourth-order valence-electron chi connectivity index (χ4n) is 1.50. The fourth-order valence-corrected chi connectivity index (χ4v) is 1.50. The van der Waals surface area contributed by atoms with Crippen molar-refractivity contribution in [1.82, 2.24) is 0 Å². The maximum absolute atomic E-state index is 11.7. The van der Waals surface area contributed by atoms with Crippen LogP contribution in [0.25, 0.3) is 0 Å². The Hall–Kier alpha value is -1.68. The molecule has 0 unspecified atom stereocenters. The third-order valence-corrected chi connectivity index (χ3v) is 2.45. The predicted molar refractivity (Wildman–Crippen MR) is 72.1 cm³/mol. The summed E-state index contributed by atoms with van der Waals surface area (Å²) in [4.78, 5) is 23.1. The van der Waals surface area contributed by atoms with Crippen LogP contribution in [0.2, 0.25) is 0 Å². The minimum absolute atomic E-state index is 0.0454. The Morgan fingerprint density at radius 3 is 2.37 bits per heavy atom. The summed E-state index contributed by atoms with van der Waals surface area (Å²) in [5.41, 5.74) is 0.624. The van der Waals surface area contributed by atoms with Crippen molar-refractivity contribution < 1.29 is 19.1 Å². The number of carbonyl (C=O) groups excluding carboxylic acids is 2. The zero-order valence-electron chi connectivity index (χ0n) is 11.4. The third kappa shape index (κ3) is 6.72. The molecule has 104 valence electrons. The van der Waals surface area contributed by atoms with Crippen LogP contribution in [0.1, 0.15) is 37.0 Å². The molecule has 0 amide bonds. The van der Waals surface area contributed by atoms with Gasteiger partial charge < -0.3 is 9.47 Å². The van der Waals surface area contributed by atoms with Crippen molar-refractivity contribution in [3.05, 3.63) is 35.9 Å². The molecule has 0 fully saturated rings. The van der Waals surface area contributed by atoms with Gasteiger partial charge in [-0.2, -0.15) is 0 Å². The van der Waals surface area contributed by atoms with Crippen LogP contribution in [0.5, 0.6) is 0 Å². The summed E-state index contributed by atoms with van der Waals surface area (Å²) in [5.74, 6) is -0.410. The van der Waals surface area contributed by atoms with Gasteiger partial charge in [-0.3, -0.25) is 9.59 Å². The van der Waals surface area contributed by atoms with Crippen molar-refractivity contribution in [2.45, 2.75) is 32.8 Å². The average Bonchev–Trinajstić information content (AvgIpc) is 2.41. The van der Waals surface area contributed by atoms with Gasteiger partial charge in [0.15, 0.2) is 5.78 Å². The van der Waals surface area contributed by atoms with Crippen molar-refractivity contribution in [1.29, 1.82) is 0 Å². The second-order valence-corrected chi connectivity index (χ2v) is 4.43. The Morgan fingerprint density at radius 2 is 1.74 bits per heavy atom. The number of Topliss-reactive ketones (excluding diaryl/α,β-unsaturated/α-hetero) is 1. The van der Waals surface area contributed by atoms with Gasteiger partial charge in [0.1, 0.15) is 6.61 Å². The van der Waals surface area contributed by atoms with Gasteiger partial charge in [-0.05, 0) is 13.8 Å². The highest BCUT2D eigenvalue weighted by molar-refractivity contribution is 5.97. The highest BCUT2D eigenvalue weighted by atomic mass is 16.6. The minimum atomic E-state index is -0.364. The van der Waals surface area contributed by atoms with E-state index in [9.17, 15) is 9.59 Å². The van der Waals surface area contributed by atoms with Gasteiger partial charge in [0.25, 0.3) is 0 Å². The molecule has 4 nitrogen and oxygen atoms in total. The van der Waals surface area contributed by atoms with Crippen LogP contribution in [0, 0.1) is 0 Å². The number of benzene rings is 1. The maximum Gasteiger partial charge on any atom is 0.306 e. The predicted octanol–water partition coefficient (Wildman–Crippen LogP) is 2.62. The summed E-state index contributed by atoms with van der Waals surface area (Å²) in [5, 5.41) is 0. The molecule has 0 aliphatic carbocycles. The molecule has 1 rings (SSSR count). The molecule has 0 spiro atoms. The summed E-state index contributed by atoms with van der Waals surface area (Å²) >= 11 is 0. The van der Waals surface area contributed by atoms with Gasteiger partial charge >= 0.3 is 5.97 Å². The summed E-state index contributed by atoms with van der Waals surface area (Å²) in [7, 11) is 0. The zero-order valence-corrected chi connectivity index (χ0v) is 11.4. The smallest absolute Gasteiger partial charge is 0.306 e.